The molecule has 7 heteroatoms. The highest BCUT2D eigenvalue weighted by atomic mass is 16.7. The lowest BCUT2D eigenvalue weighted by molar-refractivity contribution is -0.00128. The third-order valence-corrected chi connectivity index (χ3v) is 5.18. The van der Waals surface area contributed by atoms with Crippen molar-refractivity contribution in [3.63, 3.8) is 0 Å². The highest BCUT2D eigenvalue weighted by molar-refractivity contribution is 5.92. The largest absolute Gasteiger partial charge is 0.454 e. The molecule has 0 radical (unpaired) electrons. The van der Waals surface area contributed by atoms with Gasteiger partial charge in [-0.2, -0.15) is 5.10 Å². The second kappa shape index (κ2) is 7.60. The van der Waals surface area contributed by atoms with Gasteiger partial charge in [-0.3, -0.25) is 9.48 Å². The predicted octanol–water partition coefficient (Wildman–Crippen LogP) is 2.86. The number of nitrogens with zero attached hydrogens (tertiary/aromatic N) is 2. The number of aromatic nitrogens is 2. The van der Waals surface area contributed by atoms with Gasteiger partial charge in [-0.05, 0) is 35.7 Å². The molecule has 0 spiro atoms. The molecule has 2 aliphatic rings. The second-order valence-electron chi connectivity index (χ2n) is 7.11. The zero-order chi connectivity index (χ0) is 19.6. The van der Waals surface area contributed by atoms with E-state index in [2.05, 4.69) is 22.5 Å². The first-order valence-electron chi connectivity index (χ1n) is 9.66. The molecular formula is C22H21N3O4. The molecule has 1 amide bonds. The SMILES string of the molecule is O=C(NCCc1ccccc1)c1cc2n(n1)CC(c1ccc3c(c1)OCO3)OC2. The first-order valence-corrected chi connectivity index (χ1v) is 9.66. The molecule has 7 nitrogen and oxygen atoms in total. The van der Waals surface area contributed by atoms with Crippen molar-refractivity contribution in [2.24, 2.45) is 0 Å². The molecule has 1 aromatic heterocycles. The van der Waals surface area contributed by atoms with E-state index >= 15 is 0 Å². The molecule has 0 saturated heterocycles. The Kier molecular flexibility index (Phi) is 4.65. The van der Waals surface area contributed by atoms with Crippen LogP contribution in [0.5, 0.6) is 11.5 Å². The van der Waals surface area contributed by atoms with E-state index in [9.17, 15) is 4.79 Å². The molecular weight excluding hydrogens is 370 g/mol. The minimum absolute atomic E-state index is 0.147. The van der Waals surface area contributed by atoms with Gasteiger partial charge in [-0.1, -0.05) is 36.4 Å². The van der Waals surface area contributed by atoms with E-state index < -0.39 is 0 Å². The van der Waals surface area contributed by atoms with Gasteiger partial charge in [0, 0.05) is 6.54 Å². The summed E-state index contributed by atoms with van der Waals surface area (Å²) in [5.74, 6) is 1.32. The summed E-state index contributed by atoms with van der Waals surface area (Å²) in [6.07, 6.45) is 0.640. The molecule has 5 rings (SSSR count). The summed E-state index contributed by atoms with van der Waals surface area (Å²) in [6.45, 7) is 1.77. The number of hydrogen-bond donors (Lipinski definition) is 1. The van der Waals surface area contributed by atoms with Crippen molar-refractivity contribution in [3.05, 3.63) is 77.1 Å². The number of fused-ring (bicyclic) bond motifs is 2. The zero-order valence-corrected chi connectivity index (χ0v) is 15.8. The van der Waals surface area contributed by atoms with E-state index in [4.69, 9.17) is 14.2 Å². The number of carbonyl (C=O) groups is 1. The fourth-order valence-electron chi connectivity index (χ4n) is 3.61. The Bertz CT molecular complexity index is 1030. The third kappa shape index (κ3) is 3.69. The van der Waals surface area contributed by atoms with Gasteiger partial charge in [0.05, 0.1) is 18.8 Å². The fourth-order valence-corrected chi connectivity index (χ4v) is 3.61. The number of nitrogens with one attached hydrogen (secondary N) is 1. The number of amides is 1. The van der Waals surface area contributed by atoms with Crippen molar-refractivity contribution in [1.29, 1.82) is 0 Å². The number of hydrogen-bond acceptors (Lipinski definition) is 5. The smallest absolute Gasteiger partial charge is 0.271 e. The van der Waals surface area contributed by atoms with Crippen LogP contribution in [0.4, 0.5) is 0 Å². The maximum absolute atomic E-state index is 12.5. The van der Waals surface area contributed by atoms with Gasteiger partial charge < -0.3 is 19.5 Å². The second-order valence-corrected chi connectivity index (χ2v) is 7.11. The predicted molar refractivity (Wildman–Crippen MR) is 105 cm³/mol. The van der Waals surface area contributed by atoms with E-state index in [1.807, 2.05) is 41.1 Å². The summed E-state index contributed by atoms with van der Waals surface area (Å²) in [5.41, 5.74) is 3.51. The molecule has 0 bridgehead atoms. The summed E-state index contributed by atoms with van der Waals surface area (Å²) in [5, 5.41) is 7.43. The Morgan fingerprint density at radius 3 is 2.86 bits per heavy atom. The van der Waals surface area contributed by atoms with Crippen LogP contribution in [0, 0.1) is 0 Å². The summed E-state index contributed by atoms with van der Waals surface area (Å²) in [6, 6.07) is 17.7. The summed E-state index contributed by atoms with van der Waals surface area (Å²) in [7, 11) is 0. The van der Waals surface area contributed by atoms with E-state index in [1.165, 1.54) is 5.56 Å². The molecule has 2 aromatic carbocycles. The van der Waals surface area contributed by atoms with Crippen molar-refractivity contribution < 1.29 is 19.0 Å². The monoisotopic (exact) mass is 391 g/mol. The van der Waals surface area contributed by atoms with Crippen LogP contribution < -0.4 is 14.8 Å². The van der Waals surface area contributed by atoms with Crippen molar-refractivity contribution in [1.82, 2.24) is 15.1 Å². The summed E-state index contributed by atoms with van der Waals surface area (Å²) in [4.78, 5) is 12.5. The van der Waals surface area contributed by atoms with Crippen LogP contribution >= 0.6 is 0 Å². The summed E-state index contributed by atoms with van der Waals surface area (Å²) < 4.78 is 18.7. The molecule has 1 atom stereocenters. The fraction of sp³-hybridized carbons (Fsp3) is 0.273. The van der Waals surface area contributed by atoms with Gasteiger partial charge in [-0.15, -0.1) is 0 Å². The zero-order valence-electron chi connectivity index (χ0n) is 15.8. The Hall–Kier alpha value is -3.32. The minimum atomic E-state index is -0.164. The van der Waals surface area contributed by atoms with Crippen molar-refractivity contribution >= 4 is 5.91 Å². The average molecular weight is 391 g/mol. The van der Waals surface area contributed by atoms with Crippen LogP contribution in [-0.4, -0.2) is 29.0 Å². The molecule has 1 unspecified atom stereocenters. The van der Waals surface area contributed by atoms with Gasteiger partial charge in [0.15, 0.2) is 17.2 Å². The van der Waals surface area contributed by atoms with E-state index in [0.717, 1.165) is 29.2 Å². The van der Waals surface area contributed by atoms with Crippen LogP contribution in [0.2, 0.25) is 0 Å². The molecule has 0 saturated carbocycles. The van der Waals surface area contributed by atoms with Crippen LogP contribution in [0.15, 0.2) is 54.6 Å². The lowest BCUT2D eigenvalue weighted by Gasteiger charge is -2.24. The van der Waals surface area contributed by atoms with E-state index in [1.54, 1.807) is 6.07 Å². The Morgan fingerprint density at radius 2 is 1.97 bits per heavy atom. The van der Waals surface area contributed by atoms with Gasteiger partial charge >= 0.3 is 0 Å². The normalized spacial score (nSPS) is 17.0. The Morgan fingerprint density at radius 1 is 1.10 bits per heavy atom. The van der Waals surface area contributed by atoms with E-state index in [-0.39, 0.29) is 18.8 Å². The quantitative estimate of drug-likeness (QED) is 0.724. The molecule has 29 heavy (non-hydrogen) atoms. The topological polar surface area (TPSA) is 74.6 Å². The first-order chi connectivity index (χ1) is 14.3. The lowest BCUT2D eigenvalue weighted by Crippen LogP contribution is -2.26. The van der Waals surface area contributed by atoms with Crippen LogP contribution in [0.25, 0.3) is 0 Å². The molecule has 0 fully saturated rings. The molecule has 148 valence electrons. The molecule has 0 aliphatic carbocycles. The van der Waals surface area contributed by atoms with Crippen molar-refractivity contribution in [2.45, 2.75) is 25.7 Å². The first kappa shape index (κ1) is 17.8. The highest BCUT2D eigenvalue weighted by Gasteiger charge is 2.25. The maximum Gasteiger partial charge on any atom is 0.271 e. The Balaban J connectivity index is 1.23. The third-order valence-electron chi connectivity index (χ3n) is 5.18. The lowest BCUT2D eigenvalue weighted by atomic mass is 10.1. The number of ether oxygens (including phenoxy) is 3. The molecule has 3 heterocycles. The number of carbonyl (C=O) groups excluding carboxylic acids is 1. The Labute approximate surface area is 168 Å². The summed E-state index contributed by atoms with van der Waals surface area (Å²) >= 11 is 0. The molecule has 1 N–H and O–H groups in total. The van der Waals surface area contributed by atoms with Crippen LogP contribution in [0.3, 0.4) is 0 Å². The average Bonchev–Trinajstić information content (AvgIpc) is 3.40. The number of benzene rings is 2. The van der Waals surface area contributed by atoms with E-state index in [0.29, 0.717) is 25.4 Å². The van der Waals surface area contributed by atoms with Crippen molar-refractivity contribution in [2.75, 3.05) is 13.3 Å². The van der Waals surface area contributed by atoms with Gasteiger partial charge in [-0.25, -0.2) is 0 Å². The highest BCUT2D eigenvalue weighted by Crippen LogP contribution is 2.36. The number of rotatable bonds is 5. The standard InChI is InChI=1S/C22H21N3O4/c26-22(23-9-8-15-4-2-1-3-5-15)18-11-17-13-27-21(12-25(17)24-18)16-6-7-19-20(10-16)29-14-28-19/h1-7,10-11,21H,8-9,12-14H2,(H,23,26). The van der Waals surface area contributed by atoms with Gasteiger partial charge in [0.25, 0.3) is 5.91 Å². The van der Waals surface area contributed by atoms with Gasteiger partial charge in [0.2, 0.25) is 6.79 Å². The molecule has 3 aromatic rings. The maximum atomic E-state index is 12.5. The molecule has 2 aliphatic heterocycles. The minimum Gasteiger partial charge on any atom is -0.454 e. The van der Waals surface area contributed by atoms with Crippen LogP contribution in [0.1, 0.15) is 33.4 Å². The van der Waals surface area contributed by atoms with Crippen LogP contribution in [-0.2, 0) is 24.3 Å². The van der Waals surface area contributed by atoms with Gasteiger partial charge in [0.1, 0.15) is 6.10 Å². The van der Waals surface area contributed by atoms with Crippen molar-refractivity contribution in [3.8, 4) is 11.5 Å².